The van der Waals surface area contributed by atoms with Crippen molar-refractivity contribution < 1.29 is 65.7 Å². The van der Waals surface area contributed by atoms with E-state index in [9.17, 15) is 35.9 Å². The van der Waals surface area contributed by atoms with Crippen LogP contribution >= 0.6 is 0 Å². The zero-order valence-electron chi connectivity index (χ0n) is 27.9. The molecule has 0 unspecified atom stereocenters. The monoisotopic (exact) mass is 744 g/mol. The minimum absolute atomic E-state index is 0.0580. The molecule has 12 nitrogen and oxygen atoms in total. The number of hydroxylamine groups is 1. The summed E-state index contributed by atoms with van der Waals surface area (Å²) in [4.78, 5) is 50.3. The van der Waals surface area contributed by atoms with Gasteiger partial charge in [-0.15, -0.1) is 0 Å². The molecule has 3 aromatic rings. The summed E-state index contributed by atoms with van der Waals surface area (Å²) in [7, 11) is 0. The van der Waals surface area contributed by atoms with Gasteiger partial charge < -0.3 is 25.2 Å². The van der Waals surface area contributed by atoms with Crippen LogP contribution in [0.1, 0.15) is 66.6 Å². The number of benzene rings is 2. The highest BCUT2D eigenvalue weighted by Crippen LogP contribution is 2.35. The molecule has 0 bridgehead atoms. The Morgan fingerprint density at radius 2 is 1.44 bits per heavy atom. The van der Waals surface area contributed by atoms with E-state index in [0.29, 0.717) is 36.8 Å². The van der Waals surface area contributed by atoms with E-state index in [1.807, 2.05) is 37.3 Å². The molecule has 0 atom stereocenters. The van der Waals surface area contributed by atoms with Gasteiger partial charge in [0.15, 0.2) is 0 Å². The summed E-state index contributed by atoms with van der Waals surface area (Å²) in [5.74, 6) is -5.55. The number of rotatable bonds is 8. The molecule has 5 N–H and O–H groups in total. The molecule has 1 aliphatic heterocycles. The first-order chi connectivity index (χ1) is 24.3. The molecule has 2 amide bonds. The van der Waals surface area contributed by atoms with E-state index < -0.39 is 35.7 Å². The van der Waals surface area contributed by atoms with Crippen LogP contribution in [0.15, 0.2) is 54.6 Å². The molecule has 52 heavy (non-hydrogen) atoms. The Kier molecular flexibility index (Phi) is 14.3. The number of nitrogens with one attached hydrogen (secondary N) is 2. The molecule has 1 saturated heterocycles. The summed E-state index contributed by atoms with van der Waals surface area (Å²) < 4.78 is 69.5. The van der Waals surface area contributed by atoms with Crippen LogP contribution in [-0.2, 0) is 21.0 Å². The first-order valence-electron chi connectivity index (χ1n) is 16.0. The number of aryl methyl sites for hydroxylation is 1. The fraction of sp³-hybridized carbons (Fsp3) is 0.441. The third-order valence-corrected chi connectivity index (χ3v) is 8.50. The van der Waals surface area contributed by atoms with E-state index >= 15 is 0 Å². The average Bonchev–Trinajstić information content (AvgIpc) is 3.62. The molecule has 2 aliphatic rings. The van der Waals surface area contributed by atoms with Gasteiger partial charge in [0.05, 0.1) is 11.9 Å². The largest absolute Gasteiger partial charge is 0.490 e. The van der Waals surface area contributed by atoms with Crippen molar-refractivity contribution in [1.82, 2.24) is 20.7 Å². The number of carboxylic acid groups (broad SMARTS) is 2. The van der Waals surface area contributed by atoms with Crippen molar-refractivity contribution in [1.29, 1.82) is 0 Å². The SMILES string of the molecule is Cc1cc(COc2ccc(C(=O)N[C@]3(CC(=O)NO)CC[C@H](N4CCCC4)CC3)cc2)c2ccccc2n1.O=C(O)C(F)(F)F.O=C(O)C(F)(F)F. The van der Waals surface area contributed by atoms with Gasteiger partial charge in [-0.05, 0) is 94.9 Å². The second-order valence-electron chi connectivity index (χ2n) is 12.3. The normalized spacial score (nSPS) is 19.0. The first kappa shape index (κ1) is 41.5. The van der Waals surface area contributed by atoms with Gasteiger partial charge in [0.2, 0.25) is 5.91 Å². The molecule has 1 aromatic heterocycles. The van der Waals surface area contributed by atoms with E-state index in [0.717, 1.165) is 48.1 Å². The molecule has 1 saturated carbocycles. The highest BCUT2D eigenvalue weighted by molar-refractivity contribution is 5.95. The van der Waals surface area contributed by atoms with Crippen LogP contribution in [0.25, 0.3) is 10.9 Å². The van der Waals surface area contributed by atoms with Gasteiger partial charge in [0.25, 0.3) is 5.91 Å². The summed E-state index contributed by atoms with van der Waals surface area (Å²) in [5.41, 5.74) is 4.52. The lowest BCUT2D eigenvalue weighted by molar-refractivity contribution is -0.193. The molecule has 0 spiro atoms. The summed E-state index contributed by atoms with van der Waals surface area (Å²) in [6, 6.07) is 17.6. The van der Waals surface area contributed by atoms with Crippen molar-refractivity contribution in [2.45, 2.75) is 82.4 Å². The maximum Gasteiger partial charge on any atom is 0.490 e. The van der Waals surface area contributed by atoms with Crippen LogP contribution in [-0.4, -0.2) is 86.1 Å². The number of pyridine rings is 1. The van der Waals surface area contributed by atoms with Crippen LogP contribution in [0.3, 0.4) is 0 Å². The van der Waals surface area contributed by atoms with Crippen molar-refractivity contribution in [2.75, 3.05) is 13.1 Å². The van der Waals surface area contributed by atoms with Crippen molar-refractivity contribution in [2.24, 2.45) is 0 Å². The van der Waals surface area contributed by atoms with Gasteiger partial charge in [-0.2, -0.15) is 26.3 Å². The van der Waals surface area contributed by atoms with E-state index in [1.54, 1.807) is 29.7 Å². The molecule has 284 valence electrons. The molecule has 2 aromatic carbocycles. The van der Waals surface area contributed by atoms with E-state index in [1.165, 1.54) is 12.8 Å². The number of hydrogen-bond acceptors (Lipinski definition) is 8. The van der Waals surface area contributed by atoms with Crippen molar-refractivity contribution >= 4 is 34.7 Å². The van der Waals surface area contributed by atoms with Crippen molar-refractivity contribution in [3.63, 3.8) is 0 Å². The lowest BCUT2D eigenvalue weighted by Gasteiger charge is -2.43. The zero-order valence-corrected chi connectivity index (χ0v) is 27.9. The zero-order chi connectivity index (χ0) is 38.7. The number of carbonyl (C=O) groups is 4. The standard InChI is InChI=1S/C30H36N4O4.2C2HF3O2/c1-21-18-23(26-6-2-3-7-27(26)31-21)20-38-25-10-8-22(9-11-25)29(36)32-30(19-28(35)33-37)14-12-24(13-15-30)34-16-4-5-17-34;2*3-2(4,5)1(6)7/h2-3,6-11,18,24,37H,4-5,12-17,19-20H2,1H3,(H,32,36)(H,33,35);2*(H,6,7)/t24-,30+;;. The van der Waals surface area contributed by atoms with Crippen molar-refractivity contribution in [3.05, 3.63) is 71.4 Å². The summed E-state index contributed by atoms with van der Waals surface area (Å²) in [5, 5.41) is 27.6. The molecule has 5 rings (SSSR count). The maximum absolute atomic E-state index is 13.2. The average molecular weight is 745 g/mol. The van der Waals surface area contributed by atoms with Crippen LogP contribution in [0.5, 0.6) is 5.75 Å². The Morgan fingerprint density at radius 1 is 0.904 bits per heavy atom. The van der Waals surface area contributed by atoms with E-state index in [-0.39, 0.29) is 12.3 Å². The van der Waals surface area contributed by atoms with Crippen LogP contribution < -0.4 is 15.5 Å². The maximum atomic E-state index is 13.2. The van der Waals surface area contributed by atoms with Gasteiger partial charge in [-0.25, -0.2) is 15.1 Å². The number of carbonyl (C=O) groups excluding carboxylic acids is 2. The Morgan fingerprint density at radius 3 is 1.96 bits per heavy atom. The fourth-order valence-electron chi connectivity index (χ4n) is 6.01. The second-order valence-corrected chi connectivity index (χ2v) is 12.3. The number of aromatic nitrogens is 1. The number of para-hydroxylation sites is 1. The fourth-order valence-corrected chi connectivity index (χ4v) is 6.01. The number of alkyl halides is 6. The Hall–Kier alpha value is -4.97. The molecule has 1 aliphatic carbocycles. The summed E-state index contributed by atoms with van der Waals surface area (Å²) in [6.45, 7) is 4.63. The number of amides is 2. The van der Waals surface area contributed by atoms with Crippen LogP contribution in [0.2, 0.25) is 0 Å². The minimum Gasteiger partial charge on any atom is -0.489 e. The lowest BCUT2D eigenvalue weighted by atomic mass is 9.76. The van der Waals surface area contributed by atoms with Gasteiger partial charge >= 0.3 is 24.3 Å². The highest BCUT2D eigenvalue weighted by Gasteiger charge is 2.41. The van der Waals surface area contributed by atoms with Gasteiger partial charge in [-0.1, -0.05) is 18.2 Å². The number of halogens is 6. The number of fused-ring (bicyclic) bond motifs is 1. The molecular formula is C34H38F6N4O8. The predicted octanol–water partition coefficient (Wildman–Crippen LogP) is 5.79. The number of ether oxygens (including phenoxy) is 1. The minimum atomic E-state index is -5.08. The molecule has 18 heteroatoms. The van der Waals surface area contributed by atoms with E-state index in [2.05, 4.69) is 15.2 Å². The molecular weight excluding hydrogens is 706 g/mol. The third kappa shape index (κ3) is 12.4. The van der Waals surface area contributed by atoms with Crippen molar-refractivity contribution in [3.8, 4) is 5.75 Å². The predicted molar refractivity (Wildman–Crippen MR) is 172 cm³/mol. The smallest absolute Gasteiger partial charge is 0.489 e. The Labute approximate surface area is 293 Å². The summed E-state index contributed by atoms with van der Waals surface area (Å²) >= 11 is 0. The quantitative estimate of drug-likeness (QED) is 0.108. The highest BCUT2D eigenvalue weighted by atomic mass is 19.4. The number of aliphatic carboxylic acids is 2. The number of carboxylic acids is 2. The van der Waals surface area contributed by atoms with Crippen LogP contribution in [0, 0.1) is 6.92 Å². The Bertz CT molecular complexity index is 1660. The second kappa shape index (κ2) is 18.0. The molecule has 0 radical (unpaired) electrons. The number of nitrogens with zero attached hydrogens (tertiary/aromatic N) is 2. The van der Waals surface area contributed by atoms with Gasteiger partial charge in [0, 0.05) is 33.8 Å². The van der Waals surface area contributed by atoms with Crippen LogP contribution in [0.4, 0.5) is 26.3 Å². The lowest BCUT2D eigenvalue weighted by Crippen LogP contribution is -2.55. The number of likely N-dealkylation sites (tertiary alicyclic amines) is 1. The topological polar surface area (TPSA) is 178 Å². The van der Waals surface area contributed by atoms with E-state index in [4.69, 9.17) is 29.7 Å². The number of hydrogen-bond donors (Lipinski definition) is 5. The Balaban J connectivity index is 0.000000441. The van der Waals surface area contributed by atoms with Gasteiger partial charge in [0.1, 0.15) is 12.4 Å². The first-order valence-corrected chi connectivity index (χ1v) is 16.0. The van der Waals surface area contributed by atoms with Gasteiger partial charge in [-0.3, -0.25) is 19.8 Å². The molecule has 2 fully saturated rings. The molecule has 2 heterocycles. The summed E-state index contributed by atoms with van der Waals surface area (Å²) in [6.07, 6.45) is -4.37. The third-order valence-electron chi connectivity index (χ3n) is 8.50.